The van der Waals surface area contributed by atoms with Gasteiger partial charge >= 0.3 is 0 Å². The van der Waals surface area contributed by atoms with Crippen molar-refractivity contribution < 1.29 is 21.4 Å². The molecule has 0 bridgehead atoms. The largest absolute Gasteiger partial charge is 0.294 e. The van der Waals surface area contributed by atoms with Crippen LogP contribution in [0, 0.1) is 6.92 Å². The Hall–Kier alpha value is -1.90. The summed E-state index contributed by atoms with van der Waals surface area (Å²) in [7, 11) is -7.63. The molecule has 22 heavy (non-hydrogen) atoms. The average Bonchev–Trinajstić information content (AvgIpc) is 2.37. The van der Waals surface area contributed by atoms with Crippen LogP contribution < -0.4 is 4.72 Å². The first-order valence-corrected chi connectivity index (χ1v) is 9.56. The molecule has 0 aromatic heterocycles. The minimum atomic E-state index is -4.27. The van der Waals surface area contributed by atoms with E-state index >= 15 is 0 Å². The van der Waals surface area contributed by atoms with Gasteiger partial charge in [0, 0.05) is 5.69 Å². The van der Waals surface area contributed by atoms with E-state index in [2.05, 4.69) is 4.72 Å². The predicted octanol–water partition coefficient (Wildman–Crippen LogP) is 2.28. The standard InChI is InChI=1S/C14H15NO5S2/c1-10-3-8-13(22(18,19)20)9-14(10)11-4-6-12(7-5-11)15-21(2,16)17/h3-9,15H,1-2H3,(H,18,19,20). The molecule has 0 atom stereocenters. The number of rotatable bonds is 4. The van der Waals surface area contributed by atoms with Crippen molar-refractivity contribution in [3.63, 3.8) is 0 Å². The third-order valence-electron chi connectivity index (χ3n) is 3.01. The summed E-state index contributed by atoms with van der Waals surface area (Å²) in [5.41, 5.74) is 2.59. The zero-order chi connectivity index (χ0) is 16.5. The summed E-state index contributed by atoms with van der Waals surface area (Å²) in [6.45, 7) is 1.81. The van der Waals surface area contributed by atoms with E-state index in [-0.39, 0.29) is 4.90 Å². The molecule has 0 fully saturated rings. The van der Waals surface area contributed by atoms with E-state index < -0.39 is 20.1 Å². The molecule has 6 nitrogen and oxygen atoms in total. The lowest BCUT2D eigenvalue weighted by atomic mass is 10.0. The first-order valence-electron chi connectivity index (χ1n) is 6.23. The molecule has 2 N–H and O–H groups in total. The average molecular weight is 341 g/mol. The van der Waals surface area contributed by atoms with Crippen LogP contribution in [0.5, 0.6) is 0 Å². The fourth-order valence-corrected chi connectivity index (χ4v) is 3.08. The molecular weight excluding hydrogens is 326 g/mol. The van der Waals surface area contributed by atoms with Crippen LogP contribution in [0.1, 0.15) is 5.56 Å². The lowest BCUT2D eigenvalue weighted by molar-refractivity contribution is 0.483. The van der Waals surface area contributed by atoms with Crippen molar-refractivity contribution in [2.75, 3.05) is 11.0 Å². The molecule has 2 aromatic rings. The lowest BCUT2D eigenvalue weighted by Crippen LogP contribution is -2.09. The molecule has 0 aliphatic rings. The second-order valence-corrected chi connectivity index (χ2v) is 8.07. The predicted molar refractivity (Wildman–Crippen MR) is 84.9 cm³/mol. The van der Waals surface area contributed by atoms with Crippen LogP contribution in [0.2, 0.25) is 0 Å². The van der Waals surface area contributed by atoms with Gasteiger partial charge in [0.1, 0.15) is 0 Å². The Morgan fingerprint density at radius 1 is 0.955 bits per heavy atom. The smallest absolute Gasteiger partial charge is 0.284 e. The third kappa shape index (κ3) is 4.06. The van der Waals surface area contributed by atoms with Crippen molar-refractivity contribution in [2.24, 2.45) is 0 Å². The molecule has 0 amide bonds. The molecule has 0 heterocycles. The maximum Gasteiger partial charge on any atom is 0.294 e. The highest BCUT2D eigenvalue weighted by Gasteiger charge is 2.12. The highest BCUT2D eigenvalue weighted by atomic mass is 32.2. The highest BCUT2D eigenvalue weighted by Crippen LogP contribution is 2.27. The van der Waals surface area contributed by atoms with E-state index in [0.717, 1.165) is 11.8 Å². The summed E-state index contributed by atoms with van der Waals surface area (Å²) < 4.78 is 56.2. The molecule has 0 radical (unpaired) electrons. The SMILES string of the molecule is Cc1ccc(S(=O)(=O)O)cc1-c1ccc(NS(C)(=O)=O)cc1. The maximum absolute atomic E-state index is 11.2. The summed E-state index contributed by atoms with van der Waals surface area (Å²) in [6.07, 6.45) is 1.06. The van der Waals surface area contributed by atoms with Gasteiger partial charge in [-0.05, 0) is 47.9 Å². The molecular formula is C14H15NO5S2. The quantitative estimate of drug-likeness (QED) is 0.831. The van der Waals surface area contributed by atoms with Gasteiger partial charge in [-0.3, -0.25) is 9.27 Å². The Bertz CT molecular complexity index is 901. The van der Waals surface area contributed by atoms with Gasteiger partial charge in [-0.2, -0.15) is 8.42 Å². The first-order chi connectivity index (χ1) is 10.1. The number of hydrogen-bond acceptors (Lipinski definition) is 4. The summed E-state index contributed by atoms with van der Waals surface area (Å²) >= 11 is 0. The molecule has 0 spiro atoms. The van der Waals surface area contributed by atoms with Crippen LogP contribution in [0.4, 0.5) is 5.69 Å². The Morgan fingerprint density at radius 2 is 1.55 bits per heavy atom. The van der Waals surface area contributed by atoms with Gasteiger partial charge in [-0.25, -0.2) is 8.42 Å². The van der Waals surface area contributed by atoms with Crippen molar-refractivity contribution in [1.29, 1.82) is 0 Å². The van der Waals surface area contributed by atoms with Crippen LogP contribution in [0.3, 0.4) is 0 Å². The second kappa shape index (κ2) is 5.71. The highest BCUT2D eigenvalue weighted by molar-refractivity contribution is 7.92. The number of sulfonamides is 1. The molecule has 8 heteroatoms. The van der Waals surface area contributed by atoms with E-state index in [9.17, 15) is 16.8 Å². The normalized spacial score (nSPS) is 12.1. The van der Waals surface area contributed by atoms with Gasteiger partial charge in [0.2, 0.25) is 10.0 Å². The molecule has 0 aliphatic heterocycles. The van der Waals surface area contributed by atoms with E-state index in [1.807, 2.05) is 6.92 Å². The number of aryl methyl sites for hydroxylation is 1. The van der Waals surface area contributed by atoms with Crippen molar-refractivity contribution in [3.05, 3.63) is 48.0 Å². The summed E-state index contributed by atoms with van der Waals surface area (Å²) in [5, 5.41) is 0. The van der Waals surface area contributed by atoms with Crippen LogP contribution in [0.15, 0.2) is 47.4 Å². The maximum atomic E-state index is 11.2. The van der Waals surface area contributed by atoms with Gasteiger partial charge in [-0.1, -0.05) is 18.2 Å². The topological polar surface area (TPSA) is 101 Å². The molecule has 0 saturated heterocycles. The zero-order valence-electron chi connectivity index (χ0n) is 11.9. The van der Waals surface area contributed by atoms with E-state index in [1.54, 1.807) is 30.3 Å². The molecule has 2 aromatic carbocycles. The van der Waals surface area contributed by atoms with Crippen molar-refractivity contribution in [1.82, 2.24) is 0 Å². The van der Waals surface area contributed by atoms with Crippen LogP contribution in [0.25, 0.3) is 11.1 Å². The van der Waals surface area contributed by atoms with Gasteiger partial charge in [0.15, 0.2) is 0 Å². The van der Waals surface area contributed by atoms with E-state index in [0.29, 0.717) is 16.8 Å². The summed E-state index contributed by atoms with van der Waals surface area (Å²) in [5.74, 6) is 0. The molecule has 2 rings (SSSR count). The zero-order valence-corrected chi connectivity index (χ0v) is 13.6. The monoisotopic (exact) mass is 341 g/mol. The third-order valence-corrected chi connectivity index (χ3v) is 4.46. The van der Waals surface area contributed by atoms with Gasteiger partial charge in [0.05, 0.1) is 11.2 Å². The second-order valence-electron chi connectivity index (χ2n) is 4.90. The van der Waals surface area contributed by atoms with Gasteiger partial charge in [0.25, 0.3) is 10.1 Å². The van der Waals surface area contributed by atoms with Gasteiger partial charge in [-0.15, -0.1) is 0 Å². The minimum absolute atomic E-state index is 0.188. The Labute approximate surface area is 129 Å². The fraction of sp³-hybridized carbons (Fsp3) is 0.143. The Kier molecular flexibility index (Phi) is 4.28. The van der Waals surface area contributed by atoms with Crippen LogP contribution >= 0.6 is 0 Å². The van der Waals surface area contributed by atoms with E-state index in [4.69, 9.17) is 4.55 Å². The Balaban J connectivity index is 2.44. The van der Waals surface area contributed by atoms with E-state index in [1.165, 1.54) is 12.1 Å². The lowest BCUT2D eigenvalue weighted by Gasteiger charge is -2.09. The Morgan fingerprint density at radius 3 is 2.05 bits per heavy atom. The minimum Gasteiger partial charge on any atom is -0.284 e. The van der Waals surface area contributed by atoms with Crippen molar-refractivity contribution in [2.45, 2.75) is 11.8 Å². The van der Waals surface area contributed by atoms with Crippen LogP contribution in [-0.4, -0.2) is 27.6 Å². The summed E-state index contributed by atoms with van der Waals surface area (Å²) in [6, 6.07) is 10.8. The van der Waals surface area contributed by atoms with Crippen molar-refractivity contribution >= 4 is 25.8 Å². The molecule has 0 aliphatic carbocycles. The number of benzene rings is 2. The first kappa shape index (κ1) is 16.5. The van der Waals surface area contributed by atoms with Crippen LogP contribution in [-0.2, 0) is 20.1 Å². The summed E-state index contributed by atoms with van der Waals surface area (Å²) in [4.78, 5) is -0.188. The molecule has 118 valence electrons. The van der Waals surface area contributed by atoms with Gasteiger partial charge < -0.3 is 0 Å². The molecule has 0 saturated carbocycles. The number of nitrogens with one attached hydrogen (secondary N) is 1. The number of anilines is 1. The fourth-order valence-electron chi connectivity index (χ4n) is 2.00. The molecule has 0 unspecified atom stereocenters. The number of hydrogen-bond donors (Lipinski definition) is 2. The van der Waals surface area contributed by atoms with Crippen molar-refractivity contribution in [3.8, 4) is 11.1 Å².